The van der Waals surface area contributed by atoms with Gasteiger partial charge in [0.15, 0.2) is 5.15 Å². The minimum atomic E-state index is 0.419. The number of benzene rings is 1. The number of rotatable bonds is 3. The molecule has 0 fully saturated rings. The Balaban J connectivity index is 2.14. The van der Waals surface area contributed by atoms with Gasteiger partial charge in [0, 0.05) is 10.0 Å². The maximum atomic E-state index is 5.89. The van der Waals surface area contributed by atoms with Crippen molar-refractivity contribution in [3.8, 4) is 5.88 Å². The van der Waals surface area contributed by atoms with Gasteiger partial charge >= 0.3 is 0 Å². The molecule has 0 saturated heterocycles. The van der Waals surface area contributed by atoms with Crippen molar-refractivity contribution in [1.82, 2.24) is 10.2 Å². The summed E-state index contributed by atoms with van der Waals surface area (Å²) in [5.74, 6) is 0.525. The number of hydrogen-bond donors (Lipinski definition) is 0. The molecule has 0 radical (unpaired) electrons. The molecule has 1 aromatic carbocycles. The van der Waals surface area contributed by atoms with Crippen LogP contribution >= 0.6 is 27.5 Å². The van der Waals surface area contributed by atoms with Crippen molar-refractivity contribution in [3.63, 3.8) is 0 Å². The molecule has 0 amide bonds. The van der Waals surface area contributed by atoms with E-state index in [1.54, 1.807) is 0 Å². The van der Waals surface area contributed by atoms with Crippen LogP contribution in [0.5, 0.6) is 5.88 Å². The van der Waals surface area contributed by atoms with Crippen LogP contribution in [0, 0.1) is 13.8 Å². The molecule has 0 N–H and O–H groups in total. The van der Waals surface area contributed by atoms with Crippen molar-refractivity contribution in [2.45, 2.75) is 20.5 Å². The van der Waals surface area contributed by atoms with E-state index in [4.69, 9.17) is 16.3 Å². The van der Waals surface area contributed by atoms with Gasteiger partial charge in [-0.2, -0.15) is 0 Å². The van der Waals surface area contributed by atoms with Crippen LogP contribution in [0.2, 0.25) is 5.15 Å². The Bertz CT molecular complexity index is 575. The molecule has 94 valence electrons. The smallest absolute Gasteiger partial charge is 0.237 e. The highest BCUT2D eigenvalue weighted by molar-refractivity contribution is 9.10. The monoisotopic (exact) mass is 326 g/mol. The van der Waals surface area contributed by atoms with E-state index in [1.807, 2.05) is 38.1 Å². The van der Waals surface area contributed by atoms with E-state index in [1.165, 1.54) is 0 Å². The molecule has 0 saturated carbocycles. The first-order valence-corrected chi connectivity index (χ1v) is 6.61. The lowest BCUT2D eigenvalue weighted by Gasteiger charge is -2.09. The summed E-state index contributed by atoms with van der Waals surface area (Å²) in [6, 6.07) is 7.94. The van der Waals surface area contributed by atoms with E-state index < -0.39 is 0 Å². The average Bonchev–Trinajstić information content (AvgIpc) is 2.35. The van der Waals surface area contributed by atoms with Crippen LogP contribution in [0.4, 0.5) is 0 Å². The van der Waals surface area contributed by atoms with Gasteiger partial charge in [-0.1, -0.05) is 39.7 Å². The summed E-state index contributed by atoms with van der Waals surface area (Å²) < 4.78 is 6.69. The predicted molar refractivity (Wildman–Crippen MR) is 75.0 cm³/mol. The van der Waals surface area contributed by atoms with Gasteiger partial charge in [0.25, 0.3) is 0 Å². The van der Waals surface area contributed by atoms with Crippen LogP contribution in [0.1, 0.15) is 16.7 Å². The highest BCUT2D eigenvalue weighted by atomic mass is 79.9. The molecule has 1 aromatic heterocycles. The Labute approximate surface area is 119 Å². The van der Waals surface area contributed by atoms with E-state index in [0.29, 0.717) is 17.6 Å². The molecule has 1 heterocycles. The minimum Gasteiger partial charge on any atom is -0.472 e. The lowest BCUT2D eigenvalue weighted by atomic mass is 10.2. The topological polar surface area (TPSA) is 35.0 Å². The summed E-state index contributed by atoms with van der Waals surface area (Å²) in [6.07, 6.45) is 0. The molecule has 0 aliphatic heterocycles. The molecule has 18 heavy (non-hydrogen) atoms. The number of aromatic nitrogens is 2. The maximum Gasteiger partial charge on any atom is 0.237 e. The number of halogens is 2. The van der Waals surface area contributed by atoms with Gasteiger partial charge in [0.1, 0.15) is 6.61 Å². The second kappa shape index (κ2) is 5.67. The standard InChI is InChI=1S/C13H12BrClN2O/c1-8-9(2)13(17-16-12(8)15)18-7-10-4-3-5-11(14)6-10/h3-6H,7H2,1-2H3. The van der Waals surface area contributed by atoms with E-state index >= 15 is 0 Å². The molecular weight excluding hydrogens is 316 g/mol. The Morgan fingerprint density at radius 2 is 2.00 bits per heavy atom. The number of hydrogen-bond acceptors (Lipinski definition) is 3. The molecule has 0 aliphatic carbocycles. The summed E-state index contributed by atoms with van der Waals surface area (Å²) in [5.41, 5.74) is 2.89. The summed E-state index contributed by atoms with van der Waals surface area (Å²) in [7, 11) is 0. The van der Waals surface area contributed by atoms with Crippen LogP contribution in [-0.4, -0.2) is 10.2 Å². The van der Waals surface area contributed by atoms with Gasteiger partial charge in [0.05, 0.1) is 0 Å². The fourth-order valence-corrected chi connectivity index (χ4v) is 2.10. The SMILES string of the molecule is Cc1c(Cl)nnc(OCc2cccc(Br)c2)c1C. The number of nitrogens with zero attached hydrogens (tertiary/aromatic N) is 2. The fraction of sp³-hybridized carbons (Fsp3) is 0.231. The largest absolute Gasteiger partial charge is 0.472 e. The quantitative estimate of drug-likeness (QED) is 0.851. The minimum absolute atomic E-state index is 0.419. The Morgan fingerprint density at radius 1 is 1.22 bits per heavy atom. The van der Waals surface area contributed by atoms with Crippen molar-refractivity contribution < 1.29 is 4.74 Å². The van der Waals surface area contributed by atoms with E-state index in [0.717, 1.165) is 21.2 Å². The molecule has 0 unspecified atom stereocenters. The third kappa shape index (κ3) is 3.00. The second-order valence-corrected chi connectivity index (χ2v) is 5.24. The zero-order valence-corrected chi connectivity index (χ0v) is 12.4. The van der Waals surface area contributed by atoms with Crippen molar-refractivity contribution >= 4 is 27.5 Å². The Hall–Kier alpha value is -1.13. The molecule has 0 aliphatic rings. The lowest BCUT2D eigenvalue weighted by Crippen LogP contribution is -2.02. The zero-order chi connectivity index (χ0) is 13.1. The maximum absolute atomic E-state index is 5.89. The van der Waals surface area contributed by atoms with Crippen molar-refractivity contribution in [2.75, 3.05) is 0 Å². The molecule has 0 spiro atoms. The lowest BCUT2D eigenvalue weighted by molar-refractivity contribution is 0.287. The third-order valence-electron chi connectivity index (χ3n) is 2.69. The molecule has 0 atom stereocenters. The summed E-state index contributed by atoms with van der Waals surface area (Å²) in [5, 5.41) is 8.23. The Kier molecular flexibility index (Phi) is 4.19. The molecule has 2 rings (SSSR count). The van der Waals surface area contributed by atoms with Gasteiger partial charge in [-0.3, -0.25) is 0 Å². The van der Waals surface area contributed by atoms with Crippen LogP contribution in [0.15, 0.2) is 28.7 Å². The highest BCUT2D eigenvalue weighted by Gasteiger charge is 2.09. The van der Waals surface area contributed by atoms with Gasteiger partial charge < -0.3 is 4.74 Å². The van der Waals surface area contributed by atoms with Crippen LogP contribution < -0.4 is 4.74 Å². The molecule has 3 nitrogen and oxygen atoms in total. The average molecular weight is 328 g/mol. The molecule has 2 aromatic rings. The van der Waals surface area contributed by atoms with Crippen molar-refractivity contribution in [1.29, 1.82) is 0 Å². The van der Waals surface area contributed by atoms with Crippen LogP contribution in [0.25, 0.3) is 0 Å². The van der Waals surface area contributed by atoms with Gasteiger partial charge in [-0.25, -0.2) is 0 Å². The van der Waals surface area contributed by atoms with E-state index in [2.05, 4.69) is 26.1 Å². The van der Waals surface area contributed by atoms with Crippen LogP contribution in [-0.2, 0) is 6.61 Å². The molecule has 0 bridgehead atoms. The number of ether oxygens (including phenoxy) is 1. The second-order valence-electron chi connectivity index (χ2n) is 3.96. The highest BCUT2D eigenvalue weighted by Crippen LogP contribution is 2.23. The summed E-state index contributed by atoms with van der Waals surface area (Å²) >= 11 is 9.31. The first-order valence-electron chi connectivity index (χ1n) is 5.44. The molecular formula is C13H12BrClN2O. The van der Waals surface area contributed by atoms with Gasteiger partial charge in [-0.05, 0) is 37.1 Å². The zero-order valence-electron chi connectivity index (χ0n) is 10.1. The van der Waals surface area contributed by atoms with Crippen molar-refractivity contribution in [3.05, 3.63) is 50.6 Å². The van der Waals surface area contributed by atoms with E-state index in [-0.39, 0.29) is 0 Å². The Morgan fingerprint density at radius 3 is 2.72 bits per heavy atom. The van der Waals surface area contributed by atoms with Gasteiger partial charge in [-0.15, -0.1) is 10.2 Å². The summed E-state index contributed by atoms with van der Waals surface area (Å²) in [6.45, 7) is 4.28. The van der Waals surface area contributed by atoms with Crippen molar-refractivity contribution in [2.24, 2.45) is 0 Å². The normalized spacial score (nSPS) is 10.4. The first kappa shape index (κ1) is 13.3. The van der Waals surface area contributed by atoms with Gasteiger partial charge in [0.2, 0.25) is 5.88 Å². The predicted octanol–water partition coefficient (Wildman–Crippen LogP) is 4.09. The summed E-state index contributed by atoms with van der Waals surface area (Å²) in [4.78, 5) is 0. The first-order chi connectivity index (χ1) is 8.58. The van der Waals surface area contributed by atoms with Crippen LogP contribution in [0.3, 0.4) is 0 Å². The fourth-order valence-electron chi connectivity index (χ4n) is 1.47. The van der Waals surface area contributed by atoms with E-state index in [9.17, 15) is 0 Å². The molecule has 5 heteroatoms. The third-order valence-corrected chi connectivity index (χ3v) is 3.54.